The first-order chi connectivity index (χ1) is 4.45. The van der Waals surface area contributed by atoms with Crippen LogP contribution in [-0.4, -0.2) is 33.0 Å². The highest BCUT2D eigenvalue weighted by molar-refractivity contribution is 7.90. The summed E-state index contributed by atoms with van der Waals surface area (Å²) in [6, 6.07) is -0.185. The van der Waals surface area contributed by atoms with Crippen LogP contribution in [0.25, 0.3) is 0 Å². The summed E-state index contributed by atoms with van der Waals surface area (Å²) in [6.07, 6.45) is 1.64. The van der Waals surface area contributed by atoms with Crippen LogP contribution in [0.15, 0.2) is 0 Å². The predicted octanol–water partition coefficient (Wildman–Crippen LogP) is -1.29. The van der Waals surface area contributed by atoms with E-state index < -0.39 is 9.84 Å². The summed E-state index contributed by atoms with van der Waals surface area (Å²) >= 11 is 0. The Morgan fingerprint density at radius 3 is 2.30 bits per heavy atom. The number of sulfone groups is 1. The summed E-state index contributed by atoms with van der Waals surface area (Å²) in [5.41, 5.74) is 10.6. The van der Waals surface area contributed by atoms with Crippen molar-refractivity contribution in [2.45, 2.75) is 12.5 Å². The van der Waals surface area contributed by atoms with E-state index in [1.165, 1.54) is 6.26 Å². The number of hydrogen-bond donors (Lipinski definition) is 2. The molecule has 0 rings (SSSR count). The summed E-state index contributed by atoms with van der Waals surface area (Å²) in [5.74, 6) is 0.130. The molecule has 0 radical (unpaired) electrons. The number of rotatable bonds is 4. The molecule has 0 aliphatic heterocycles. The molecule has 4 nitrogen and oxygen atoms in total. The fourth-order valence-corrected chi connectivity index (χ4v) is 1.21. The molecule has 0 bridgehead atoms. The first kappa shape index (κ1) is 9.87. The lowest BCUT2D eigenvalue weighted by molar-refractivity contribution is 0.588. The molecule has 0 fully saturated rings. The molecule has 5 heteroatoms. The standard InChI is InChI=1S/C5H14N2O2S/c1-10(8,9)3-2-5(7)4-6/h5H,2-4,6-7H2,1H3. The van der Waals surface area contributed by atoms with E-state index >= 15 is 0 Å². The number of nitrogens with two attached hydrogens (primary N) is 2. The topological polar surface area (TPSA) is 86.2 Å². The molecule has 0 amide bonds. The van der Waals surface area contributed by atoms with E-state index in [1.54, 1.807) is 0 Å². The summed E-state index contributed by atoms with van der Waals surface area (Å²) < 4.78 is 21.1. The monoisotopic (exact) mass is 166 g/mol. The fourth-order valence-electron chi connectivity index (χ4n) is 0.483. The van der Waals surface area contributed by atoms with Gasteiger partial charge in [-0.3, -0.25) is 0 Å². The summed E-state index contributed by atoms with van der Waals surface area (Å²) in [5, 5.41) is 0. The van der Waals surface area contributed by atoms with Gasteiger partial charge in [0.25, 0.3) is 0 Å². The van der Waals surface area contributed by atoms with Gasteiger partial charge < -0.3 is 11.5 Å². The Bertz CT molecular complexity index is 176. The first-order valence-corrected chi connectivity index (χ1v) is 5.15. The van der Waals surface area contributed by atoms with E-state index in [4.69, 9.17) is 11.5 Å². The van der Waals surface area contributed by atoms with Crippen LogP contribution in [0.2, 0.25) is 0 Å². The largest absolute Gasteiger partial charge is 0.329 e. The quantitative estimate of drug-likeness (QED) is 0.544. The van der Waals surface area contributed by atoms with Gasteiger partial charge in [0.1, 0.15) is 9.84 Å². The van der Waals surface area contributed by atoms with Crippen LogP contribution >= 0.6 is 0 Å². The van der Waals surface area contributed by atoms with Gasteiger partial charge in [0.15, 0.2) is 0 Å². The van der Waals surface area contributed by atoms with Crippen molar-refractivity contribution in [1.29, 1.82) is 0 Å². The molecular weight excluding hydrogens is 152 g/mol. The predicted molar refractivity (Wildman–Crippen MR) is 41.4 cm³/mol. The zero-order valence-corrected chi connectivity index (χ0v) is 6.89. The summed E-state index contributed by atoms with van der Waals surface area (Å²) in [4.78, 5) is 0. The van der Waals surface area contributed by atoms with E-state index in [0.29, 0.717) is 13.0 Å². The highest BCUT2D eigenvalue weighted by Gasteiger charge is 2.05. The molecule has 0 aliphatic rings. The van der Waals surface area contributed by atoms with Crippen LogP contribution < -0.4 is 11.5 Å². The Balaban J connectivity index is 3.56. The van der Waals surface area contributed by atoms with Crippen molar-refractivity contribution < 1.29 is 8.42 Å². The van der Waals surface area contributed by atoms with Gasteiger partial charge in [0, 0.05) is 18.8 Å². The Hall–Kier alpha value is -0.130. The molecule has 0 spiro atoms. The third-order valence-corrected chi connectivity index (χ3v) is 2.14. The molecule has 10 heavy (non-hydrogen) atoms. The van der Waals surface area contributed by atoms with E-state index in [2.05, 4.69) is 0 Å². The Labute approximate surface area is 61.5 Å². The van der Waals surface area contributed by atoms with Gasteiger partial charge in [0.2, 0.25) is 0 Å². The first-order valence-electron chi connectivity index (χ1n) is 3.09. The van der Waals surface area contributed by atoms with Crippen LogP contribution in [0.5, 0.6) is 0 Å². The minimum Gasteiger partial charge on any atom is -0.329 e. The highest BCUT2D eigenvalue weighted by Crippen LogP contribution is 1.91. The third-order valence-electron chi connectivity index (χ3n) is 1.16. The van der Waals surface area contributed by atoms with Crippen LogP contribution in [0.3, 0.4) is 0 Å². The fraction of sp³-hybridized carbons (Fsp3) is 1.00. The van der Waals surface area contributed by atoms with Gasteiger partial charge >= 0.3 is 0 Å². The molecule has 0 aromatic heterocycles. The van der Waals surface area contributed by atoms with Crippen LogP contribution in [-0.2, 0) is 9.84 Å². The molecule has 1 unspecified atom stereocenters. The van der Waals surface area contributed by atoms with E-state index in [1.807, 2.05) is 0 Å². The molecule has 0 heterocycles. The zero-order valence-electron chi connectivity index (χ0n) is 6.08. The summed E-state index contributed by atoms with van der Waals surface area (Å²) in [6.45, 7) is 0.343. The van der Waals surface area contributed by atoms with Crippen LogP contribution in [0, 0.1) is 0 Å². The van der Waals surface area contributed by atoms with Crippen molar-refractivity contribution in [1.82, 2.24) is 0 Å². The van der Waals surface area contributed by atoms with Gasteiger partial charge in [0.05, 0.1) is 5.75 Å². The zero-order chi connectivity index (χ0) is 8.20. The Morgan fingerprint density at radius 2 is 2.00 bits per heavy atom. The smallest absolute Gasteiger partial charge is 0.147 e. The third kappa shape index (κ3) is 6.00. The molecule has 1 atom stereocenters. The van der Waals surface area contributed by atoms with Gasteiger partial charge in [-0.2, -0.15) is 0 Å². The van der Waals surface area contributed by atoms with Crippen molar-refractivity contribution in [2.75, 3.05) is 18.6 Å². The second kappa shape index (κ2) is 3.90. The minimum absolute atomic E-state index is 0.130. The van der Waals surface area contributed by atoms with Gasteiger partial charge in [-0.15, -0.1) is 0 Å². The lowest BCUT2D eigenvalue weighted by Crippen LogP contribution is -2.31. The van der Waals surface area contributed by atoms with E-state index in [-0.39, 0.29) is 11.8 Å². The molecule has 0 aliphatic carbocycles. The maximum atomic E-state index is 10.6. The lowest BCUT2D eigenvalue weighted by Gasteiger charge is -2.05. The molecule has 0 aromatic rings. The average molecular weight is 166 g/mol. The SMILES string of the molecule is CS(=O)(=O)CCC(N)CN. The van der Waals surface area contributed by atoms with Crippen molar-refractivity contribution in [3.05, 3.63) is 0 Å². The van der Waals surface area contributed by atoms with Crippen molar-refractivity contribution in [2.24, 2.45) is 11.5 Å². The minimum atomic E-state index is -2.86. The van der Waals surface area contributed by atoms with Crippen LogP contribution in [0.1, 0.15) is 6.42 Å². The average Bonchev–Trinajstić information content (AvgIpc) is 1.81. The molecule has 0 saturated heterocycles. The molecule has 62 valence electrons. The van der Waals surface area contributed by atoms with Gasteiger partial charge in [-0.25, -0.2) is 8.42 Å². The Kier molecular flexibility index (Phi) is 3.85. The van der Waals surface area contributed by atoms with E-state index in [0.717, 1.165) is 0 Å². The van der Waals surface area contributed by atoms with Crippen molar-refractivity contribution in [3.63, 3.8) is 0 Å². The highest BCUT2D eigenvalue weighted by atomic mass is 32.2. The van der Waals surface area contributed by atoms with Crippen molar-refractivity contribution >= 4 is 9.84 Å². The number of hydrogen-bond acceptors (Lipinski definition) is 4. The second-order valence-corrected chi connectivity index (χ2v) is 4.67. The molecule has 4 N–H and O–H groups in total. The maximum absolute atomic E-state index is 10.6. The van der Waals surface area contributed by atoms with Crippen LogP contribution in [0.4, 0.5) is 0 Å². The van der Waals surface area contributed by atoms with Gasteiger partial charge in [-0.1, -0.05) is 0 Å². The molecular formula is C5H14N2O2S. The lowest BCUT2D eigenvalue weighted by atomic mass is 10.2. The van der Waals surface area contributed by atoms with Gasteiger partial charge in [-0.05, 0) is 6.42 Å². The molecule has 0 aromatic carbocycles. The van der Waals surface area contributed by atoms with E-state index in [9.17, 15) is 8.42 Å². The second-order valence-electron chi connectivity index (χ2n) is 2.41. The Morgan fingerprint density at radius 1 is 1.50 bits per heavy atom. The maximum Gasteiger partial charge on any atom is 0.147 e. The molecule has 0 saturated carbocycles. The summed E-state index contributed by atoms with van der Waals surface area (Å²) in [7, 11) is -2.86. The van der Waals surface area contributed by atoms with Crippen molar-refractivity contribution in [3.8, 4) is 0 Å². The normalized spacial score (nSPS) is 15.1.